The van der Waals surface area contributed by atoms with E-state index >= 15 is 0 Å². The Morgan fingerprint density at radius 3 is 2.04 bits per heavy atom. The number of anilines is 1. The van der Waals surface area contributed by atoms with Crippen molar-refractivity contribution in [2.45, 2.75) is 47.6 Å². The summed E-state index contributed by atoms with van der Waals surface area (Å²) in [7, 11) is 2.84. The van der Waals surface area contributed by atoms with Gasteiger partial charge in [0.2, 0.25) is 5.78 Å². The fourth-order valence-electron chi connectivity index (χ4n) is 6.32. The maximum absolute atomic E-state index is 14.4. The monoisotopic (exact) mass is 701 g/mol. The fraction of sp³-hybridized carbons (Fsp3) is 0.268. The summed E-state index contributed by atoms with van der Waals surface area (Å²) in [5.41, 5.74) is 0.912. The third-order valence-electron chi connectivity index (χ3n) is 9.05. The molecule has 2 amide bonds. The van der Waals surface area contributed by atoms with Crippen LogP contribution in [0.2, 0.25) is 0 Å². The minimum absolute atomic E-state index is 0.0314. The number of fused-ring (bicyclic) bond motifs is 2. The average molecular weight is 702 g/mol. The molecule has 3 aromatic heterocycles. The summed E-state index contributed by atoms with van der Waals surface area (Å²) in [6, 6.07) is 21.6. The summed E-state index contributed by atoms with van der Waals surface area (Å²) < 4.78 is 18.2. The number of benzene rings is 2. The van der Waals surface area contributed by atoms with Gasteiger partial charge in [0, 0.05) is 28.8 Å². The minimum Gasteiger partial charge on any atom is -0.497 e. The van der Waals surface area contributed by atoms with Gasteiger partial charge in [-0.2, -0.15) is 0 Å². The number of amides is 2. The second kappa shape index (κ2) is 13.6. The van der Waals surface area contributed by atoms with Crippen LogP contribution in [0.1, 0.15) is 93.0 Å². The van der Waals surface area contributed by atoms with E-state index in [1.54, 1.807) is 124 Å². The van der Waals surface area contributed by atoms with Gasteiger partial charge >= 0.3 is 5.97 Å². The van der Waals surface area contributed by atoms with Crippen LogP contribution in [0.25, 0.3) is 5.52 Å². The van der Waals surface area contributed by atoms with Crippen molar-refractivity contribution in [2.24, 2.45) is 10.8 Å². The molecule has 0 bridgehead atoms. The number of Topliss-reactive ketones (excluding diaryl/α,β-unsaturated/α-hetero) is 1. The van der Waals surface area contributed by atoms with Crippen LogP contribution in [0.15, 0.2) is 85.1 Å². The lowest BCUT2D eigenvalue weighted by molar-refractivity contribution is -0.150. The lowest BCUT2D eigenvalue weighted by Gasteiger charge is -2.24. The van der Waals surface area contributed by atoms with Gasteiger partial charge in [0.25, 0.3) is 11.8 Å². The maximum atomic E-state index is 14.4. The highest BCUT2D eigenvalue weighted by molar-refractivity contribution is 6.34. The van der Waals surface area contributed by atoms with Gasteiger partial charge in [-0.3, -0.25) is 24.0 Å². The van der Waals surface area contributed by atoms with E-state index in [4.69, 9.17) is 14.2 Å². The molecule has 0 fully saturated rings. The van der Waals surface area contributed by atoms with Gasteiger partial charge in [0.15, 0.2) is 5.78 Å². The Bertz CT molecular complexity index is 2230. The molecule has 266 valence electrons. The number of rotatable bonds is 11. The fourth-order valence-corrected chi connectivity index (χ4v) is 6.32. The number of carbonyl (C=O) groups is 5. The van der Waals surface area contributed by atoms with Gasteiger partial charge in [-0.05, 0) is 80.4 Å². The summed E-state index contributed by atoms with van der Waals surface area (Å²) in [6.45, 7) is 8.79. The molecule has 1 aliphatic heterocycles. The van der Waals surface area contributed by atoms with E-state index in [-0.39, 0.29) is 36.1 Å². The van der Waals surface area contributed by atoms with Gasteiger partial charge < -0.3 is 18.6 Å². The van der Waals surface area contributed by atoms with Crippen LogP contribution < -0.4 is 14.4 Å². The molecule has 0 spiro atoms. The summed E-state index contributed by atoms with van der Waals surface area (Å²) in [4.78, 5) is 73.3. The summed E-state index contributed by atoms with van der Waals surface area (Å²) in [5.74, 6) is -0.822. The van der Waals surface area contributed by atoms with Crippen LogP contribution in [0.3, 0.4) is 0 Å². The third kappa shape index (κ3) is 6.45. The Labute approximate surface area is 301 Å². The Morgan fingerprint density at radius 2 is 1.44 bits per heavy atom. The zero-order chi connectivity index (χ0) is 37.5. The van der Waals surface area contributed by atoms with Crippen molar-refractivity contribution in [3.8, 4) is 11.5 Å². The van der Waals surface area contributed by atoms with Gasteiger partial charge in [0.05, 0.1) is 47.7 Å². The summed E-state index contributed by atoms with van der Waals surface area (Å²) in [5, 5.41) is 0. The van der Waals surface area contributed by atoms with E-state index in [9.17, 15) is 24.0 Å². The number of hydrogen-bond donors (Lipinski definition) is 0. The molecule has 11 nitrogen and oxygen atoms in total. The second-order valence-electron chi connectivity index (χ2n) is 14.3. The molecule has 52 heavy (non-hydrogen) atoms. The highest BCUT2D eigenvalue weighted by atomic mass is 16.5. The highest BCUT2D eigenvalue weighted by Gasteiger charge is 2.39. The molecule has 5 aromatic rings. The van der Waals surface area contributed by atoms with Crippen LogP contribution in [0.5, 0.6) is 11.5 Å². The molecule has 0 aliphatic carbocycles. The van der Waals surface area contributed by atoms with E-state index in [0.29, 0.717) is 50.5 Å². The number of methoxy groups -OCH3 is 2. The van der Waals surface area contributed by atoms with Crippen molar-refractivity contribution in [3.05, 3.63) is 124 Å². The zero-order valence-corrected chi connectivity index (χ0v) is 30.1. The number of ketones is 2. The summed E-state index contributed by atoms with van der Waals surface area (Å²) in [6.07, 6.45) is 1.71. The van der Waals surface area contributed by atoms with E-state index in [0.717, 1.165) is 4.90 Å². The Kier molecular flexibility index (Phi) is 9.31. The van der Waals surface area contributed by atoms with E-state index in [2.05, 4.69) is 4.98 Å². The number of nitrogens with zero attached hydrogens (tertiary/aromatic N) is 3. The van der Waals surface area contributed by atoms with E-state index in [1.807, 2.05) is 0 Å². The van der Waals surface area contributed by atoms with Crippen molar-refractivity contribution in [3.63, 3.8) is 0 Å². The number of imide groups is 1. The molecule has 6 rings (SSSR count). The largest absolute Gasteiger partial charge is 0.497 e. The Morgan fingerprint density at radius 1 is 0.788 bits per heavy atom. The first-order chi connectivity index (χ1) is 24.7. The van der Waals surface area contributed by atoms with Crippen molar-refractivity contribution in [2.75, 3.05) is 19.1 Å². The van der Waals surface area contributed by atoms with Gasteiger partial charge in [-0.15, -0.1) is 0 Å². The number of carbonyl (C=O) groups excluding carboxylic acids is 5. The predicted molar refractivity (Wildman–Crippen MR) is 193 cm³/mol. The van der Waals surface area contributed by atoms with Crippen LogP contribution >= 0.6 is 0 Å². The quantitative estimate of drug-likeness (QED) is 0.0817. The number of hydrogen-bond acceptors (Lipinski definition) is 9. The van der Waals surface area contributed by atoms with Crippen molar-refractivity contribution in [1.29, 1.82) is 0 Å². The lowest BCUT2D eigenvalue weighted by atomic mass is 9.79. The minimum atomic E-state index is -1.09. The van der Waals surface area contributed by atoms with E-state index in [1.165, 1.54) is 14.2 Å². The van der Waals surface area contributed by atoms with Crippen LogP contribution in [-0.4, -0.2) is 53.0 Å². The second-order valence-corrected chi connectivity index (χ2v) is 14.3. The first kappa shape index (κ1) is 35.7. The topological polar surface area (TPSA) is 134 Å². The average Bonchev–Trinajstić information content (AvgIpc) is 3.58. The standard InChI is InChI=1S/C41H39N3O8/c1-40(2,3)36(46)33-30(22-41(4,5)39(49)51-7)34(35(45)24-15-17-26(50-6)18-16-24)43-20-19-27(21-31(33)43)52-23-25-11-10-14-32(42-25)44-37(47)28-12-8-9-13-29(28)38(44)48/h8-21H,22-23H2,1-7H3. The molecular formula is C41H39N3O8. The maximum Gasteiger partial charge on any atom is 0.311 e. The number of ether oxygens (including phenoxy) is 3. The van der Waals surface area contributed by atoms with Crippen LogP contribution in [0, 0.1) is 10.8 Å². The van der Waals surface area contributed by atoms with Crippen molar-refractivity contribution < 1.29 is 38.2 Å². The molecule has 11 heteroatoms. The Hall–Kier alpha value is -6.10. The van der Waals surface area contributed by atoms with Gasteiger partial charge in [0.1, 0.15) is 23.9 Å². The Balaban J connectivity index is 1.42. The number of aromatic nitrogens is 2. The molecule has 0 radical (unpaired) electrons. The number of esters is 1. The normalized spacial score (nSPS) is 12.9. The SMILES string of the molecule is COC(=O)C(C)(C)Cc1c(C(=O)C(C)(C)C)c2cc(OCc3cccc(N4C(=O)c5ccccc5C4=O)n3)ccn2c1C(=O)c1ccc(OC)cc1. The molecule has 1 aliphatic rings. The molecule has 0 saturated carbocycles. The molecule has 0 unspecified atom stereocenters. The first-order valence-electron chi connectivity index (χ1n) is 16.7. The van der Waals surface area contributed by atoms with Gasteiger partial charge in [-0.25, -0.2) is 9.88 Å². The molecule has 0 saturated heterocycles. The van der Waals surface area contributed by atoms with Crippen molar-refractivity contribution >= 4 is 40.7 Å². The van der Waals surface area contributed by atoms with Crippen LogP contribution in [0.4, 0.5) is 5.82 Å². The molecule has 0 atom stereocenters. The highest BCUT2D eigenvalue weighted by Crippen LogP contribution is 2.38. The van der Waals surface area contributed by atoms with E-state index < -0.39 is 28.6 Å². The molecule has 2 aromatic carbocycles. The van der Waals surface area contributed by atoms with Crippen LogP contribution in [-0.2, 0) is 22.6 Å². The smallest absolute Gasteiger partial charge is 0.311 e. The summed E-state index contributed by atoms with van der Waals surface area (Å²) >= 11 is 0. The number of pyridine rings is 2. The third-order valence-corrected chi connectivity index (χ3v) is 9.05. The molecule has 0 N–H and O–H groups in total. The zero-order valence-electron chi connectivity index (χ0n) is 30.1. The van der Waals surface area contributed by atoms with Gasteiger partial charge in [-0.1, -0.05) is 39.0 Å². The predicted octanol–water partition coefficient (Wildman–Crippen LogP) is 6.92. The first-order valence-corrected chi connectivity index (χ1v) is 16.7. The van der Waals surface area contributed by atoms with Crippen molar-refractivity contribution in [1.82, 2.24) is 9.38 Å². The molecular weight excluding hydrogens is 662 g/mol. The molecule has 4 heterocycles. The lowest BCUT2D eigenvalue weighted by Crippen LogP contribution is -2.30.